The van der Waals surface area contributed by atoms with Crippen molar-refractivity contribution >= 4 is 0 Å². The Morgan fingerprint density at radius 2 is 1.79 bits per heavy atom. The third kappa shape index (κ3) is 2.58. The van der Waals surface area contributed by atoms with Crippen LogP contribution in [0.1, 0.15) is 75.1 Å². The molecule has 1 aliphatic carbocycles. The van der Waals surface area contributed by atoms with E-state index in [0.29, 0.717) is 6.04 Å². The van der Waals surface area contributed by atoms with Gasteiger partial charge in [-0.3, -0.25) is 4.90 Å². The average Bonchev–Trinajstić information content (AvgIpc) is 3.04. The van der Waals surface area contributed by atoms with Crippen molar-refractivity contribution in [2.24, 2.45) is 0 Å². The van der Waals surface area contributed by atoms with Crippen LogP contribution in [0.4, 0.5) is 0 Å². The quantitative estimate of drug-likeness (QED) is 0.735. The molecule has 2 aliphatic rings. The fraction of sp³-hybridized carbons (Fsp3) is 0.667. The topological polar surface area (TPSA) is 3.24 Å². The van der Waals surface area contributed by atoms with E-state index in [1.807, 2.05) is 0 Å². The minimum Gasteiger partial charge on any atom is -0.291 e. The van der Waals surface area contributed by atoms with Crippen LogP contribution in [0.3, 0.4) is 0 Å². The molecule has 1 saturated heterocycles. The molecule has 1 heterocycles. The van der Waals surface area contributed by atoms with Gasteiger partial charge in [-0.15, -0.1) is 0 Å². The average molecular weight is 257 g/mol. The molecular weight excluding hydrogens is 230 g/mol. The predicted octanol–water partition coefficient (Wildman–Crippen LogP) is 4.81. The first-order valence-corrected chi connectivity index (χ1v) is 7.84. The maximum Gasteiger partial charge on any atom is 0.0356 e. The van der Waals surface area contributed by atoms with E-state index in [2.05, 4.69) is 50.8 Å². The molecule has 0 spiro atoms. The van der Waals surface area contributed by atoms with Crippen LogP contribution < -0.4 is 0 Å². The highest BCUT2D eigenvalue weighted by atomic mass is 15.2. The summed E-state index contributed by atoms with van der Waals surface area (Å²) in [4.78, 5) is 2.72. The monoisotopic (exact) mass is 257 g/mol. The van der Waals surface area contributed by atoms with Crippen molar-refractivity contribution in [1.82, 2.24) is 4.90 Å². The van der Waals surface area contributed by atoms with Gasteiger partial charge >= 0.3 is 0 Å². The highest BCUT2D eigenvalue weighted by Gasteiger charge is 2.37. The Balaban J connectivity index is 1.98. The minimum atomic E-state index is 0.283. The third-order valence-corrected chi connectivity index (χ3v) is 4.73. The Kier molecular flexibility index (Phi) is 3.21. The first-order chi connectivity index (χ1) is 8.97. The number of benzene rings is 1. The summed E-state index contributed by atoms with van der Waals surface area (Å²) in [6.07, 6.45) is 5.48. The van der Waals surface area contributed by atoms with E-state index >= 15 is 0 Å². The zero-order valence-corrected chi connectivity index (χ0v) is 12.9. The molecule has 0 N–H and O–H groups in total. The molecule has 2 fully saturated rings. The SMILES string of the molecule is Cc1ccc(C2CC2)c(C2CCCN2C(C)(C)C)c1. The Morgan fingerprint density at radius 1 is 1.05 bits per heavy atom. The molecule has 1 aromatic carbocycles. The Labute approximate surface area is 118 Å². The Morgan fingerprint density at radius 3 is 2.42 bits per heavy atom. The molecule has 0 amide bonds. The van der Waals surface area contributed by atoms with Crippen molar-refractivity contribution in [3.8, 4) is 0 Å². The van der Waals surface area contributed by atoms with Crippen molar-refractivity contribution in [1.29, 1.82) is 0 Å². The highest BCUT2D eigenvalue weighted by Crippen LogP contribution is 2.47. The number of nitrogens with zero attached hydrogens (tertiary/aromatic N) is 1. The molecule has 1 aromatic rings. The summed E-state index contributed by atoms with van der Waals surface area (Å²) >= 11 is 0. The molecular formula is C18H27N. The van der Waals surface area contributed by atoms with E-state index in [-0.39, 0.29) is 5.54 Å². The zero-order valence-electron chi connectivity index (χ0n) is 12.9. The summed E-state index contributed by atoms with van der Waals surface area (Å²) in [5.74, 6) is 0.859. The van der Waals surface area contributed by atoms with Gasteiger partial charge in [-0.25, -0.2) is 0 Å². The van der Waals surface area contributed by atoms with E-state index in [1.54, 1.807) is 11.1 Å². The largest absolute Gasteiger partial charge is 0.291 e. The van der Waals surface area contributed by atoms with Gasteiger partial charge in [0.15, 0.2) is 0 Å². The minimum absolute atomic E-state index is 0.283. The molecule has 0 aromatic heterocycles. The van der Waals surface area contributed by atoms with Gasteiger partial charge < -0.3 is 0 Å². The van der Waals surface area contributed by atoms with Gasteiger partial charge in [-0.2, -0.15) is 0 Å². The maximum atomic E-state index is 2.72. The normalized spacial score (nSPS) is 24.9. The Hall–Kier alpha value is -0.820. The molecule has 1 heteroatoms. The fourth-order valence-corrected chi connectivity index (χ4v) is 3.64. The highest BCUT2D eigenvalue weighted by molar-refractivity contribution is 5.39. The number of likely N-dealkylation sites (tertiary alicyclic amines) is 1. The molecule has 0 bridgehead atoms. The molecule has 1 atom stereocenters. The Bertz CT molecular complexity index is 465. The van der Waals surface area contributed by atoms with Crippen molar-refractivity contribution < 1.29 is 0 Å². The van der Waals surface area contributed by atoms with E-state index in [1.165, 1.54) is 37.8 Å². The molecule has 104 valence electrons. The number of hydrogen-bond donors (Lipinski definition) is 0. The van der Waals surface area contributed by atoms with Crippen LogP contribution in [-0.2, 0) is 0 Å². The second kappa shape index (κ2) is 4.63. The van der Waals surface area contributed by atoms with Crippen LogP contribution >= 0.6 is 0 Å². The fourth-order valence-electron chi connectivity index (χ4n) is 3.64. The summed E-state index contributed by atoms with van der Waals surface area (Å²) in [5, 5.41) is 0. The number of hydrogen-bond acceptors (Lipinski definition) is 1. The van der Waals surface area contributed by atoms with Crippen molar-refractivity contribution in [3.63, 3.8) is 0 Å². The summed E-state index contributed by atoms with van der Waals surface area (Å²) in [7, 11) is 0. The first-order valence-electron chi connectivity index (χ1n) is 7.84. The predicted molar refractivity (Wildman–Crippen MR) is 81.6 cm³/mol. The smallest absolute Gasteiger partial charge is 0.0356 e. The van der Waals surface area contributed by atoms with Crippen LogP contribution in [-0.4, -0.2) is 17.0 Å². The van der Waals surface area contributed by atoms with Crippen LogP contribution in [0.5, 0.6) is 0 Å². The molecule has 19 heavy (non-hydrogen) atoms. The lowest BCUT2D eigenvalue weighted by Crippen LogP contribution is -2.40. The van der Waals surface area contributed by atoms with E-state index in [9.17, 15) is 0 Å². The molecule has 1 nitrogen and oxygen atoms in total. The van der Waals surface area contributed by atoms with Gasteiger partial charge in [0.05, 0.1) is 0 Å². The summed E-state index contributed by atoms with van der Waals surface area (Å²) in [5.41, 5.74) is 4.98. The van der Waals surface area contributed by atoms with Crippen LogP contribution in [0, 0.1) is 6.92 Å². The summed E-state index contributed by atoms with van der Waals surface area (Å²) < 4.78 is 0. The zero-order chi connectivity index (χ0) is 13.6. The van der Waals surface area contributed by atoms with Crippen molar-refractivity contribution in [2.45, 2.75) is 70.9 Å². The van der Waals surface area contributed by atoms with Gasteiger partial charge in [0.2, 0.25) is 0 Å². The summed E-state index contributed by atoms with van der Waals surface area (Å²) in [6.45, 7) is 10.6. The molecule has 1 saturated carbocycles. The second-order valence-corrected chi connectivity index (χ2v) is 7.43. The molecule has 1 aliphatic heterocycles. The van der Waals surface area contributed by atoms with Gasteiger partial charge in [0.1, 0.15) is 0 Å². The van der Waals surface area contributed by atoms with Crippen molar-refractivity contribution in [3.05, 3.63) is 34.9 Å². The van der Waals surface area contributed by atoms with E-state index < -0.39 is 0 Å². The van der Waals surface area contributed by atoms with E-state index in [4.69, 9.17) is 0 Å². The van der Waals surface area contributed by atoms with Crippen LogP contribution in [0.15, 0.2) is 18.2 Å². The van der Waals surface area contributed by atoms with Crippen LogP contribution in [0.25, 0.3) is 0 Å². The van der Waals surface area contributed by atoms with Gasteiger partial charge in [0.25, 0.3) is 0 Å². The number of aryl methyl sites for hydroxylation is 1. The lowest BCUT2D eigenvalue weighted by Gasteiger charge is -2.38. The van der Waals surface area contributed by atoms with Crippen molar-refractivity contribution in [2.75, 3.05) is 6.54 Å². The van der Waals surface area contributed by atoms with Gasteiger partial charge in [0, 0.05) is 11.6 Å². The van der Waals surface area contributed by atoms with E-state index in [0.717, 1.165) is 5.92 Å². The lowest BCUT2D eigenvalue weighted by molar-refractivity contribution is 0.121. The second-order valence-electron chi connectivity index (χ2n) is 7.43. The van der Waals surface area contributed by atoms with Gasteiger partial charge in [-0.1, -0.05) is 23.8 Å². The molecule has 0 radical (unpaired) electrons. The standard InChI is InChI=1S/C18H27N/c1-13-7-10-15(14-8-9-14)16(12-13)17-6-5-11-19(17)18(2,3)4/h7,10,12,14,17H,5-6,8-9,11H2,1-4H3. The van der Waals surface area contributed by atoms with Gasteiger partial charge in [-0.05, 0) is 77.0 Å². The molecule has 1 unspecified atom stereocenters. The lowest BCUT2D eigenvalue weighted by atomic mass is 9.92. The maximum absolute atomic E-state index is 2.72. The van der Waals surface area contributed by atoms with Crippen LogP contribution in [0.2, 0.25) is 0 Å². The molecule has 3 rings (SSSR count). The number of rotatable bonds is 2. The third-order valence-electron chi connectivity index (χ3n) is 4.73. The summed E-state index contributed by atoms with van der Waals surface area (Å²) in [6, 6.07) is 7.81. The first kappa shape index (κ1) is 13.2.